The molecule has 0 heterocycles. The second kappa shape index (κ2) is 6.21. The summed E-state index contributed by atoms with van der Waals surface area (Å²) in [6.45, 7) is 1.68. The molecule has 0 radical (unpaired) electrons. The van der Waals surface area contributed by atoms with Crippen LogP contribution in [0.15, 0.2) is 12.1 Å². The lowest BCUT2D eigenvalue weighted by atomic mass is 10.2. The molecule has 0 aliphatic rings. The fourth-order valence-corrected chi connectivity index (χ4v) is 0.956. The highest BCUT2D eigenvalue weighted by Crippen LogP contribution is 2.29. The molecular formula is C10H16FNO2. The van der Waals surface area contributed by atoms with E-state index in [4.69, 9.17) is 9.47 Å². The van der Waals surface area contributed by atoms with Crippen molar-refractivity contribution in [3.63, 3.8) is 0 Å². The first kappa shape index (κ1) is 12.7. The van der Waals surface area contributed by atoms with E-state index in [0.29, 0.717) is 17.1 Å². The van der Waals surface area contributed by atoms with Gasteiger partial charge in [0.2, 0.25) is 0 Å². The van der Waals surface area contributed by atoms with Gasteiger partial charge in [-0.2, -0.15) is 0 Å². The predicted octanol–water partition coefficient (Wildman–Crippen LogP) is 1.73. The van der Waals surface area contributed by atoms with Gasteiger partial charge in [-0.05, 0) is 25.6 Å². The summed E-state index contributed by atoms with van der Waals surface area (Å²) in [5.74, 6) is 0.685. The molecule has 0 amide bonds. The number of methoxy groups -OCH3 is 2. The van der Waals surface area contributed by atoms with Gasteiger partial charge >= 0.3 is 0 Å². The predicted molar refractivity (Wildman–Crippen MR) is 54.4 cm³/mol. The van der Waals surface area contributed by atoms with Crippen LogP contribution in [0.3, 0.4) is 0 Å². The van der Waals surface area contributed by atoms with Crippen molar-refractivity contribution in [1.82, 2.24) is 0 Å². The lowest BCUT2D eigenvalue weighted by Crippen LogP contribution is -1.93. The second-order valence-electron chi connectivity index (χ2n) is 2.46. The van der Waals surface area contributed by atoms with Gasteiger partial charge in [0.1, 0.15) is 5.82 Å². The van der Waals surface area contributed by atoms with Gasteiger partial charge in [-0.25, -0.2) is 4.39 Å². The van der Waals surface area contributed by atoms with E-state index < -0.39 is 0 Å². The summed E-state index contributed by atoms with van der Waals surface area (Å²) in [6.07, 6.45) is 0. The minimum atomic E-state index is -0.285. The Hall–Kier alpha value is -1.29. The second-order valence-corrected chi connectivity index (χ2v) is 2.46. The zero-order valence-corrected chi connectivity index (χ0v) is 8.93. The molecule has 4 heteroatoms. The van der Waals surface area contributed by atoms with E-state index in [1.54, 1.807) is 13.0 Å². The minimum Gasteiger partial charge on any atom is -0.493 e. The van der Waals surface area contributed by atoms with E-state index >= 15 is 0 Å². The lowest BCUT2D eigenvalue weighted by Gasteiger charge is -2.08. The van der Waals surface area contributed by atoms with Gasteiger partial charge in [-0.3, -0.25) is 0 Å². The third-order valence-corrected chi connectivity index (χ3v) is 1.66. The first-order valence-electron chi connectivity index (χ1n) is 4.15. The fourth-order valence-electron chi connectivity index (χ4n) is 0.956. The number of hydrogen-bond donors (Lipinski definition) is 1. The van der Waals surface area contributed by atoms with Crippen molar-refractivity contribution in [3.8, 4) is 11.5 Å². The van der Waals surface area contributed by atoms with Crippen LogP contribution in [0, 0.1) is 12.7 Å². The molecule has 0 fully saturated rings. The molecular weight excluding hydrogens is 185 g/mol. The number of aryl methyl sites for hydroxylation is 1. The molecule has 1 rings (SSSR count). The van der Waals surface area contributed by atoms with E-state index in [2.05, 4.69) is 5.73 Å². The molecule has 14 heavy (non-hydrogen) atoms. The largest absolute Gasteiger partial charge is 0.493 e. The Morgan fingerprint density at radius 1 is 1.07 bits per heavy atom. The van der Waals surface area contributed by atoms with Gasteiger partial charge in [0.25, 0.3) is 0 Å². The Morgan fingerprint density at radius 3 is 1.93 bits per heavy atom. The van der Waals surface area contributed by atoms with Crippen molar-refractivity contribution >= 4 is 0 Å². The van der Waals surface area contributed by atoms with Crippen molar-refractivity contribution in [2.45, 2.75) is 6.92 Å². The summed E-state index contributed by atoms with van der Waals surface area (Å²) in [5, 5.41) is 0. The van der Waals surface area contributed by atoms with Crippen LogP contribution in [-0.4, -0.2) is 21.3 Å². The summed E-state index contributed by atoms with van der Waals surface area (Å²) >= 11 is 0. The lowest BCUT2D eigenvalue weighted by molar-refractivity contribution is 0.352. The number of nitrogens with two attached hydrogens (primary N) is 1. The van der Waals surface area contributed by atoms with Gasteiger partial charge in [0, 0.05) is 6.07 Å². The summed E-state index contributed by atoms with van der Waals surface area (Å²) in [5.41, 5.74) is 5.05. The van der Waals surface area contributed by atoms with Gasteiger partial charge in [0.15, 0.2) is 11.5 Å². The van der Waals surface area contributed by atoms with Crippen molar-refractivity contribution in [2.75, 3.05) is 21.3 Å². The quantitative estimate of drug-likeness (QED) is 0.792. The Bertz CT molecular complexity index is 261. The molecule has 0 aliphatic carbocycles. The standard InChI is InChI=1S/C9H11FO2.CH5N/c1-6-4-8(11-2)9(12-3)5-7(6)10;1-2/h4-5H,1-3H3;2H2,1H3. The molecule has 3 nitrogen and oxygen atoms in total. The van der Waals surface area contributed by atoms with Crippen LogP contribution in [0.25, 0.3) is 0 Å². The summed E-state index contributed by atoms with van der Waals surface area (Å²) in [4.78, 5) is 0. The number of ether oxygens (including phenoxy) is 2. The third kappa shape index (κ3) is 2.88. The number of hydrogen-bond acceptors (Lipinski definition) is 3. The van der Waals surface area contributed by atoms with Crippen LogP contribution in [0.5, 0.6) is 11.5 Å². The van der Waals surface area contributed by atoms with Crippen LogP contribution in [0.2, 0.25) is 0 Å². The van der Waals surface area contributed by atoms with Crippen molar-refractivity contribution in [1.29, 1.82) is 0 Å². The van der Waals surface area contributed by atoms with Gasteiger partial charge in [-0.15, -0.1) is 0 Å². The Morgan fingerprint density at radius 2 is 1.50 bits per heavy atom. The maximum Gasteiger partial charge on any atom is 0.163 e. The molecule has 0 aromatic heterocycles. The van der Waals surface area contributed by atoms with Gasteiger partial charge < -0.3 is 15.2 Å². The zero-order valence-electron chi connectivity index (χ0n) is 8.93. The molecule has 2 N–H and O–H groups in total. The van der Waals surface area contributed by atoms with E-state index in [0.717, 1.165) is 0 Å². The highest BCUT2D eigenvalue weighted by molar-refractivity contribution is 5.43. The molecule has 0 unspecified atom stereocenters. The smallest absolute Gasteiger partial charge is 0.163 e. The van der Waals surface area contributed by atoms with Crippen molar-refractivity contribution < 1.29 is 13.9 Å². The maximum atomic E-state index is 12.9. The van der Waals surface area contributed by atoms with Crippen molar-refractivity contribution in [2.24, 2.45) is 5.73 Å². The Balaban J connectivity index is 0.000000791. The molecule has 1 aromatic rings. The highest BCUT2D eigenvalue weighted by Gasteiger charge is 2.06. The number of halogens is 1. The Labute approximate surface area is 83.6 Å². The van der Waals surface area contributed by atoms with Gasteiger partial charge in [-0.1, -0.05) is 0 Å². The highest BCUT2D eigenvalue weighted by atomic mass is 19.1. The van der Waals surface area contributed by atoms with E-state index in [-0.39, 0.29) is 5.82 Å². The first-order valence-corrected chi connectivity index (χ1v) is 4.15. The SMILES string of the molecule is CN.COc1cc(C)c(F)cc1OC. The average Bonchev–Trinajstić information content (AvgIpc) is 2.24. The Kier molecular flexibility index (Phi) is 5.64. The first-order chi connectivity index (χ1) is 6.69. The molecule has 0 bridgehead atoms. The number of benzene rings is 1. The maximum absolute atomic E-state index is 12.9. The molecule has 0 atom stereocenters. The molecule has 0 saturated carbocycles. The van der Waals surface area contributed by atoms with Crippen LogP contribution >= 0.6 is 0 Å². The fraction of sp³-hybridized carbons (Fsp3) is 0.400. The molecule has 1 aromatic carbocycles. The zero-order chi connectivity index (χ0) is 11.1. The summed E-state index contributed by atoms with van der Waals surface area (Å²) < 4.78 is 22.8. The topological polar surface area (TPSA) is 44.5 Å². The molecule has 0 aliphatic heterocycles. The summed E-state index contributed by atoms with van der Waals surface area (Å²) in [6, 6.07) is 2.92. The third-order valence-electron chi connectivity index (χ3n) is 1.66. The van der Waals surface area contributed by atoms with E-state index in [1.165, 1.54) is 27.3 Å². The van der Waals surface area contributed by atoms with E-state index in [9.17, 15) is 4.39 Å². The van der Waals surface area contributed by atoms with E-state index in [1.807, 2.05) is 0 Å². The molecule has 0 saturated heterocycles. The van der Waals surface area contributed by atoms with Crippen molar-refractivity contribution in [3.05, 3.63) is 23.5 Å². The minimum absolute atomic E-state index is 0.285. The molecule has 80 valence electrons. The van der Waals surface area contributed by atoms with Gasteiger partial charge in [0.05, 0.1) is 14.2 Å². The van der Waals surface area contributed by atoms with Crippen LogP contribution in [0.4, 0.5) is 4.39 Å². The van der Waals surface area contributed by atoms with Crippen LogP contribution in [-0.2, 0) is 0 Å². The number of rotatable bonds is 2. The average molecular weight is 201 g/mol. The normalized spacial score (nSPS) is 8.71. The van der Waals surface area contributed by atoms with Crippen LogP contribution < -0.4 is 15.2 Å². The van der Waals surface area contributed by atoms with Crippen LogP contribution in [0.1, 0.15) is 5.56 Å². The summed E-state index contributed by atoms with van der Waals surface area (Å²) in [7, 11) is 4.50. The molecule has 0 spiro atoms. The monoisotopic (exact) mass is 201 g/mol.